The summed E-state index contributed by atoms with van der Waals surface area (Å²) in [5.41, 5.74) is 0.754. The van der Waals surface area contributed by atoms with Crippen LogP contribution in [-0.4, -0.2) is 25.1 Å². The van der Waals surface area contributed by atoms with Gasteiger partial charge in [-0.2, -0.15) is 0 Å². The van der Waals surface area contributed by atoms with E-state index < -0.39 is 0 Å². The average Bonchev–Trinajstić information content (AvgIpc) is 2.86. The van der Waals surface area contributed by atoms with Crippen molar-refractivity contribution in [3.8, 4) is 11.5 Å². The quantitative estimate of drug-likeness (QED) is 0.914. The van der Waals surface area contributed by atoms with E-state index in [0.29, 0.717) is 23.1 Å². The predicted octanol–water partition coefficient (Wildman–Crippen LogP) is 2.25. The summed E-state index contributed by atoms with van der Waals surface area (Å²) in [5.74, 6) is 1.23. The summed E-state index contributed by atoms with van der Waals surface area (Å²) in [4.78, 5) is 15.9. The number of rotatable bonds is 4. The maximum Gasteiger partial charge on any atom is 0.277 e. The third kappa shape index (κ3) is 2.85. The number of carbonyl (C=O) groups excluding carboxylic acids is 1. The van der Waals surface area contributed by atoms with E-state index in [1.54, 1.807) is 32.2 Å². The minimum absolute atomic E-state index is 0.218. The van der Waals surface area contributed by atoms with Gasteiger partial charge < -0.3 is 19.2 Å². The Balaban J connectivity index is 2.21. The molecule has 1 N–H and O–H groups in total. The molecule has 2 rings (SSSR count). The lowest BCUT2D eigenvalue weighted by Gasteiger charge is -2.10. The minimum Gasteiger partial charge on any atom is -0.497 e. The molecule has 0 spiro atoms. The molecule has 1 aromatic heterocycles. The maximum absolute atomic E-state index is 11.9. The molecule has 100 valence electrons. The number of oxazole rings is 1. The van der Waals surface area contributed by atoms with Crippen LogP contribution >= 0.6 is 0 Å². The standard InChI is InChI=1S/C13H14N2O4/c1-8-14-11(7-19-8)13(16)15-10-5-4-9(17-2)6-12(10)18-3/h4-7H,1-3H3,(H,15,16). The van der Waals surface area contributed by atoms with Gasteiger partial charge in [-0.1, -0.05) is 0 Å². The van der Waals surface area contributed by atoms with Crippen LogP contribution < -0.4 is 14.8 Å². The van der Waals surface area contributed by atoms with Gasteiger partial charge in [0.25, 0.3) is 5.91 Å². The molecule has 1 amide bonds. The summed E-state index contributed by atoms with van der Waals surface area (Å²) in [7, 11) is 3.08. The number of hydrogen-bond acceptors (Lipinski definition) is 5. The van der Waals surface area contributed by atoms with Crippen molar-refractivity contribution < 1.29 is 18.7 Å². The molecule has 2 aromatic rings. The second kappa shape index (κ2) is 5.43. The first kappa shape index (κ1) is 12.9. The van der Waals surface area contributed by atoms with Gasteiger partial charge in [0.2, 0.25) is 0 Å². The van der Waals surface area contributed by atoms with Crippen LogP contribution in [0.2, 0.25) is 0 Å². The highest BCUT2D eigenvalue weighted by Crippen LogP contribution is 2.29. The highest BCUT2D eigenvalue weighted by molar-refractivity contribution is 6.03. The van der Waals surface area contributed by atoms with Crippen molar-refractivity contribution in [2.24, 2.45) is 0 Å². The van der Waals surface area contributed by atoms with Crippen LogP contribution in [0.25, 0.3) is 0 Å². The Morgan fingerprint density at radius 2 is 2.11 bits per heavy atom. The average molecular weight is 262 g/mol. The Labute approximate surface area is 110 Å². The lowest BCUT2D eigenvalue weighted by Crippen LogP contribution is -2.13. The largest absolute Gasteiger partial charge is 0.497 e. The number of hydrogen-bond donors (Lipinski definition) is 1. The van der Waals surface area contributed by atoms with E-state index in [2.05, 4.69) is 10.3 Å². The number of ether oxygens (including phenoxy) is 2. The summed E-state index contributed by atoms with van der Waals surface area (Å²) < 4.78 is 15.3. The SMILES string of the molecule is COc1ccc(NC(=O)c2coc(C)n2)c(OC)c1. The van der Waals surface area contributed by atoms with Gasteiger partial charge in [0, 0.05) is 13.0 Å². The van der Waals surface area contributed by atoms with E-state index in [-0.39, 0.29) is 11.6 Å². The summed E-state index contributed by atoms with van der Waals surface area (Å²) in [6.45, 7) is 1.67. The van der Waals surface area contributed by atoms with E-state index >= 15 is 0 Å². The molecule has 0 unspecified atom stereocenters. The fourth-order valence-electron chi connectivity index (χ4n) is 1.56. The van der Waals surface area contributed by atoms with Crippen molar-refractivity contribution in [3.05, 3.63) is 36.0 Å². The van der Waals surface area contributed by atoms with Crippen molar-refractivity contribution in [1.29, 1.82) is 0 Å². The van der Waals surface area contributed by atoms with Crippen LogP contribution in [-0.2, 0) is 0 Å². The Hall–Kier alpha value is -2.50. The smallest absolute Gasteiger partial charge is 0.277 e. The molecular weight excluding hydrogens is 248 g/mol. The first-order chi connectivity index (χ1) is 9.13. The number of nitrogens with one attached hydrogen (secondary N) is 1. The summed E-state index contributed by atoms with van der Waals surface area (Å²) in [5, 5.41) is 2.70. The summed E-state index contributed by atoms with van der Waals surface area (Å²) in [6.07, 6.45) is 1.31. The zero-order valence-electron chi connectivity index (χ0n) is 10.9. The van der Waals surface area contributed by atoms with Gasteiger partial charge in [0.15, 0.2) is 11.6 Å². The molecule has 0 aliphatic rings. The highest BCUT2D eigenvalue weighted by atomic mass is 16.5. The van der Waals surface area contributed by atoms with Crippen molar-refractivity contribution >= 4 is 11.6 Å². The monoisotopic (exact) mass is 262 g/mol. The molecule has 19 heavy (non-hydrogen) atoms. The van der Waals surface area contributed by atoms with Crippen molar-refractivity contribution in [2.75, 3.05) is 19.5 Å². The third-order valence-electron chi connectivity index (χ3n) is 2.51. The Morgan fingerprint density at radius 3 is 2.68 bits per heavy atom. The van der Waals surface area contributed by atoms with Crippen LogP contribution in [0, 0.1) is 6.92 Å². The zero-order chi connectivity index (χ0) is 13.8. The van der Waals surface area contributed by atoms with Gasteiger partial charge in [0.1, 0.15) is 17.8 Å². The van der Waals surface area contributed by atoms with E-state index in [1.165, 1.54) is 13.4 Å². The second-order valence-electron chi connectivity index (χ2n) is 3.77. The third-order valence-corrected chi connectivity index (χ3v) is 2.51. The molecule has 0 atom stereocenters. The van der Waals surface area contributed by atoms with Gasteiger partial charge in [0.05, 0.1) is 19.9 Å². The predicted molar refractivity (Wildman–Crippen MR) is 68.7 cm³/mol. The molecule has 0 aliphatic heterocycles. The molecule has 0 bridgehead atoms. The molecule has 1 aromatic carbocycles. The van der Waals surface area contributed by atoms with Gasteiger partial charge in [-0.15, -0.1) is 0 Å². The van der Waals surface area contributed by atoms with Crippen LogP contribution in [0.1, 0.15) is 16.4 Å². The second-order valence-corrected chi connectivity index (χ2v) is 3.77. The number of amides is 1. The minimum atomic E-state index is -0.361. The number of aromatic nitrogens is 1. The van der Waals surface area contributed by atoms with E-state index in [1.807, 2.05) is 0 Å². The van der Waals surface area contributed by atoms with Gasteiger partial charge in [-0.05, 0) is 12.1 Å². The Bertz CT molecular complexity index is 592. The topological polar surface area (TPSA) is 73.6 Å². The number of anilines is 1. The van der Waals surface area contributed by atoms with Crippen LogP contribution in [0.5, 0.6) is 11.5 Å². The van der Waals surface area contributed by atoms with E-state index in [4.69, 9.17) is 13.9 Å². The number of nitrogens with zero attached hydrogens (tertiary/aromatic N) is 1. The lowest BCUT2D eigenvalue weighted by atomic mass is 10.2. The maximum atomic E-state index is 11.9. The van der Waals surface area contributed by atoms with Gasteiger partial charge in [-0.25, -0.2) is 4.98 Å². The Morgan fingerprint density at radius 1 is 1.32 bits per heavy atom. The van der Waals surface area contributed by atoms with Crippen molar-refractivity contribution in [2.45, 2.75) is 6.92 Å². The molecule has 6 nitrogen and oxygen atoms in total. The number of benzene rings is 1. The summed E-state index contributed by atoms with van der Waals surface area (Å²) >= 11 is 0. The summed E-state index contributed by atoms with van der Waals surface area (Å²) in [6, 6.07) is 5.11. The van der Waals surface area contributed by atoms with Crippen molar-refractivity contribution in [3.63, 3.8) is 0 Å². The van der Waals surface area contributed by atoms with E-state index in [9.17, 15) is 4.79 Å². The molecule has 1 heterocycles. The fourth-order valence-corrected chi connectivity index (χ4v) is 1.56. The molecule has 0 fully saturated rings. The number of aryl methyl sites for hydroxylation is 1. The van der Waals surface area contributed by atoms with Gasteiger partial charge >= 0.3 is 0 Å². The van der Waals surface area contributed by atoms with Crippen molar-refractivity contribution in [1.82, 2.24) is 4.98 Å². The van der Waals surface area contributed by atoms with Crippen LogP contribution in [0.3, 0.4) is 0 Å². The molecule has 0 radical (unpaired) electrons. The first-order valence-corrected chi connectivity index (χ1v) is 5.59. The highest BCUT2D eigenvalue weighted by Gasteiger charge is 2.13. The molecule has 0 aliphatic carbocycles. The molecule has 0 saturated heterocycles. The lowest BCUT2D eigenvalue weighted by molar-refractivity contribution is 0.102. The zero-order valence-corrected chi connectivity index (χ0v) is 10.9. The molecule has 0 saturated carbocycles. The molecular formula is C13H14N2O4. The Kier molecular flexibility index (Phi) is 3.70. The number of methoxy groups -OCH3 is 2. The first-order valence-electron chi connectivity index (χ1n) is 5.59. The van der Waals surface area contributed by atoms with Crippen LogP contribution in [0.15, 0.2) is 28.9 Å². The molecule has 6 heteroatoms. The van der Waals surface area contributed by atoms with Gasteiger partial charge in [-0.3, -0.25) is 4.79 Å². The fraction of sp³-hybridized carbons (Fsp3) is 0.231. The van der Waals surface area contributed by atoms with E-state index in [0.717, 1.165) is 0 Å². The number of carbonyl (C=O) groups is 1. The van der Waals surface area contributed by atoms with Crippen LogP contribution in [0.4, 0.5) is 5.69 Å². The normalized spacial score (nSPS) is 10.1.